The van der Waals surface area contributed by atoms with Crippen LogP contribution >= 0.6 is 0 Å². The van der Waals surface area contributed by atoms with Gasteiger partial charge in [0.1, 0.15) is 0 Å². The van der Waals surface area contributed by atoms with Crippen molar-refractivity contribution >= 4 is 5.91 Å². The molecule has 3 atom stereocenters. The smallest absolute Gasteiger partial charge is 0.225 e. The Morgan fingerprint density at radius 2 is 1.68 bits per heavy atom. The molecule has 2 saturated heterocycles. The van der Waals surface area contributed by atoms with Crippen molar-refractivity contribution in [3.8, 4) is 0 Å². The lowest BCUT2D eigenvalue weighted by Gasteiger charge is -2.38. The maximum atomic E-state index is 13.0. The third kappa shape index (κ3) is 4.39. The largest absolute Gasteiger partial charge is 0.342 e. The van der Waals surface area contributed by atoms with E-state index in [9.17, 15) is 4.79 Å². The first kappa shape index (κ1) is 17.8. The maximum Gasteiger partial charge on any atom is 0.225 e. The summed E-state index contributed by atoms with van der Waals surface area (Å²) in [5.41, 5.74) is 0. The number of hydrogen-bond acceptors (Lipinski definition) is 3. The van der Waals surface area contributed by atoms with E-state index in [1.165, 1.54) is 84.1 Å². The van der Waals surface area contributed by atoms with Gasteiger partial charge in [-0.3, -0.25) is 4.79 Å². The summed E-state index contributed by atoms with van der Waals surface area (Å²) in [4.78, 5) is 20.3. The number of piperazine rings is 1. The van der Waals surface area contributed by atoms with E-state index in [2.05, 4.69) is 21.7 Å². The van der Waals surface area contributed by atoms with E-state index in [0.29, 0.717) is 17.7 Å². The van der Waals surface area contributed by atoms with Gasteiger partial charge >= 0.3 is 0 Å². The number of rotatable bonds is 4. The third-order valence-electron chi connectivity index (χ3n) is 7.36. The van der Waals surface area contributed by atoms with Gasteiger partial charge in [-0.15, -0.1) is 0 Å². The molecular formula is C21H37N3O. The molecule has 4 heteroatoms. The van der Waals surface area contributed by atoms with Gasteiger partial charge in [0, 0.05) is 51.7 Å². The summed E-state index contributed by atoms with van der Waals surface area (Å²) < 4.78 is 0. The molecular weight excluding hydrogens is 310 g/mol. The summed E-state index contributed by atoms with van der Waals surface area (Å²) in [7, 11) is 2.22. The highest BCUT2D eigenvalue weighted by Crippen LogP contribution is 2.50. The quantitative estimate of drug-likeness (QED) is 0.782. The summed E-state index contributed by atoms with van der Waals surface area (Å²) in [6.07, 6.45) is 10.7. The van der Waals surface area contributed by atoms with Gasteiger partial charge in [0.25, 0.3) is 0 Å². The zero-order chi connectivity index (χ0) is 17.2. The van der Waals surface area contributed by atoms with Gasteiger partial charge in [0.15, 0.2) is 0 Å². The monoisotopic (exact) mass is 347 g/mol. The minimum atomic E-state index is 0.394. The first-order valence-corrected chi connectivity index (χ1v) is 10.9. The minimum Gasteiger partial charge on any atom is -0.342 e. The fourth-order valence-corrected chi connectivity index (χ4v) is 5.63. The number of likely N-dealkylation sites (N-methyl/N-ethyl adjacent to an activating group) is 1. The van der Waals surface area contributed by atoms with Crippen molar-refractivity contribution in [2.75, 3.05) is 52.9 Å². The van der Waals surface area contributed by atoms with E-state index in [-0.39, 0.29) is 0 Å². The number of amides is 1. The lowest BCUT2D eigenvalue weighted by Crippen LogP contribution is -2.49. The molecule has 1 amide bonds. The van der Waals surface area contributed by atoms with E-state index in [1.807, 2.05) is 0 Å². The second kappa shape index (κ2) is 7.96. The minimum absolute atomic E-state index is 0.394. The van der Waals surface area contributed by atoms with Gasteiger partial charge in [0.05, 0.1) is 0 Å². The van der Waals surface area contributed by atoms with Gasteiger partial charge in [-0.2, -0.15) is 0 Å². The average Bonchev–Trinajstić information content (AvgIpc) is 3.45. The number of carbonyl (C=O) groups is 1. The van der Waals surface area contributed by atoms with Crippen molar-refractivity contribution in [3.05, 3.63) is 0 Å². The predicted molar refractivity (Wildman–Crippen MR) is 101 cm³/mol. The molecule has 0 spiro atoms. The zero-order valence-electron chi connectivity index (χ0n) is 16.2. The Balaban J connectivity index is 1.24. The highest BCUT2D eigenvalue weighted by Gasteiger charge is 2.49. The van der Waals surface area contributed by atoms with Crippen LogP contribution in [0.15, 0.2) is 0 Å². The van der Waals surface area contributed by atoms with Gasteiger partial charge < -0.3 is 14.7 Å². The molecule has 4 aliphatic rings. The van der Waals surface area contributed by atoms with Crippen LogP contribution < -0.4 is 0 Å². The van der Waals surface area contributed by atoms with Crippen molar-refractivity contribution in [1.29, 1.82) is 0 Å². The summed E-state index contributed by atoms with van der Waals surface area (Å²) in [6, 6.07) is 0. The standard InChI is InChI=1S/C21H37N3O/c1-22-10-12-23(13-11-22)15-17-6-5-9-24(16-17)21(25)20-14-19(20)18-7-3-2-4-8-18/h17-20H,2-16H2,1H3/t17-,19-,20+/m0/s1. The number of piperidine rings is 1. The van der Waals surface area contributed by atoms with E-state index < -0.39 is 0 Å². The predicted octanol–water partition coefficient (Wildman–Crippen LogP) is 2.69. The van der Waals surface area contributed by atoms with Crippen molar-refractivity contribution in [1.82, 2.24) is 14.7 Å². The molecule has 0 radical (unpaired) electrons. The van der Waals surface area contributed by atoms with Crippen molar-refractivity contribution in [2.45, 2.75) is 51.4 Å². The van der Waals surface area contributed by atoms with Gasteiger partial charge in [-0.1, -0.05) is 32.1 Å². The molecule has 4 nitrogen and oxygen atoms in total. The lowest BCUT2D eigenvalue weighted by molar-refractivity contribution is -0.135. The topological polar surface area (TPSA) is 26.8 Å². The number of likely N-dealkylation sites (tertiary alicyclic amines) is 1. The summed E-state index contributed by atoms with van der Waals surface area (Å²) in [6.45, 7) is 8.04. The van der Waals surface area contributed by atoms with Crippen LogP contribution in [0.3, 0.4) is 0 Å². The SMILES string of the molecule is CN1CCN(C[C@@H]2CCCN(C(=O)[C@@H]3C[C@H]3C3CCCCC3)C2)CC1. The Kier molecular flexibility index (Phi) is 5.66. The fourth-order valence-electron chi connectivity index (χ4n) is 5.63. The molecule has 4 rings (SSSR count). The van der Waals surface area contributed by atoms with Gasteiger partial charge in [0.2, 0.25) is 5.91 Å². The Hall–Kier alpha value is -0.610. The molecule has 0 unspecified atom stereocenters. The van der Waals surface area contributed by atoms with E-state index in [1.54, 1.807) is 0 Å². The molecule has 2 aliphatic heterocycles. The second-order valence-corrected chi connectivity index (χ2v) is 9.30. The van der Waals surface area contributed by atoms with E-state index in [4.69, 9.17) is 0 Å². The molecule has 0 aromatic carbocycles. The molecule has 0 N–H and O–H groups in total. The van der Waals surface area contributed by atoms with Crippen LogP contribution in [0.4, 0.5) is 0 Å². The van der Waals surface area contributed by atoms with Crippen molar-refractivity contribution in [3.63, 3.8) is 0 Å². The first-order chi connectivity index (χ1) is 12.2. The first-order valence-electron chi connectivity index (χ1n) is 10.9. The molecule has 2 heterocycles. The maximum absolute atomic E-state index is 13.0. The van der Waals surface area contributed by atoms with E-state index >= 15 is 0 Å². The van der Waals surface area contributed by atoms with Gasteiger partial charge in [-0.05, 0) is 44.1 Å². The van der Waals surface area contributed by atoms with Crippen molar-refractivity contribution < 1.29 is 4.79 Å². The highest BCUT2D eigenvalue weighted by molar-refractivity contribution is 5.81. The normalized spacial score (nSPS) is 35.7. The molecule has 0 aromatic heterocycles. The Labute approximate surface area is 153 Å². The number of carbonyl (C=O) groups excluding carboxylic acids is 1. The second-order valence-electron chi connectivity index (χ2n) is 9.30. The van der Waals surface area contributed by atoms with Crippen LogP contribution in [0.1, 0.15) is 51.4 Å². The molecule has 2 aliphatic carbocycles. The van der Waals surface area contributed by atoms with Crippen LogP contribution in [-0.4, -0.2) is 73.5 Å². The molecule has 2 saturated carbocycles. The Morgan fingerprint density at radius 3 is 2.44 bits per heavy atom. The average molecular weight is 348 g/mol. The van der Waals surface area contributed by atoms with E-state index in [0.717, 1.165) is 24.9 Å². The number of hydrogen-bond donors (Lipinski definition) is 0. The number of nitrogens with zero attached hydrogens (tertiary/aromatic N) is 3. The summed E-state index contributed by atoms with van der Waals surface area (Å²) in [5, 5.41) is 0. The van der Waals surface area contributed by atoms with Crippen LogP contribution in [-0.2, 0) is 4.79 Å². The highest BCUT2D eigenvalue weighted by atomic mass is 16.2. The molecule has 4 fully saturated rings. The lowest BCUT2D eigenvalue weighted by atomic mass is 9.85. The van der Waals surface area contributed by atoms with Crippen molar-refractivity contribution in [2.24, 2.45) is 23.7 Å². The molecule has 0 bridgehead atoms. The Morgan fingerprint density at radius 1 is 0.920 bits per heavy atom. The van der Waals surface area contributed by atoms with Crippen LogP contribution in [0, 0.1) is 23.7 Å². The summed E-state index contributed by atoms with van der Waals surface area (Å²) in [5.74, 6) is 3.22. The summed E-state index contributed by atoms with van der Waals surface area (Å²) >= 11 is 0. The molecule has 142 valence electrons. The third-order valence-corrected chi connectivity index (χ3v) is 7.36. The van der Waals surface area contributed by atoms with Gasteiger partial charge in [-0.25, -0.2) is 0 Å². The van der Waals surface area contributed by atoms with Crippen LogP contribution in [0.5, 0.6) is 0 Å². The van der Waals surface area contributed by atoms with Crippen LogP contribution in [0.25, 0.3) is 0 Å². The molecule has 0 aromatic rings. The Bertz CT molecular complexity index is 454. The zero-order valence-corrected chi connectivity index (χ0v) is 16.2. The van der Waals surface area contributed by atoms with Crippen LogP contribution in [0.2, 0.25) is 0 Å². The fraction of sp³-hybridized carbons (Fsp3) is 0.952. The molecule has 25 heavy (non-hydrogen) atoms.